The van der Waals surface area contributed by atoms with E-state index in [0.717, 1.165) is 31.6 Å². The van der Waals surface area contributed by atoms with Crippen molar-refractivity contribution in [3.8, 4) is 5.75 Å². The molecule has 3 nitrogen and oxygen atoms in total. The number of ether oxygens (including phenoxy) is 2. The first-order valence-electron chi connectivity index (χ1n) is 8.37. The minimum Gasteiger partial charge on any atom is -0.490 e. The summed E-state index contributed by atoms with van der Waals surface area (Å²) in [6, 6.07) is 8.43. The summed E-state index contributed by atoms with van der Waals surface area (Å²) in [5, 5.41) is 0. The van der Waals surface area contributed by atoms with E-state index in [4.69, 9.17) is 15.2 Å². The van der Waals surface area contributed by atoms with Crippen LogP contribution in [0.5, 0.6) is 5.75 Å². The fourth-order valence-corrected chi connectivity index (χ4v) is 3.67. The van der Waals surface area contributed by atoms with Gasteiger partial charge in [0.25, 0.3) is 0 Å². The van der Waals surface area contributed by atoms with Gasteiger partial charge in [0.05, 0.1) is 12.2 Å². The third-order valence-electron chi connectivity index (χ3n) is 5.01. The van der Waals surface area contributed by atoms with Crippen LogP contribution in [-0.2, 0) is 4.74 Å². The molecule has 1 aliphatic carbocycles. The maximum atomic E-state index is 6.19. The summed E-state index contributed by atoms with van der Waals surface area (Å²) in [6.45, 7) is 2.95. The molecule has 1 aliphatic heterocycles. The van der Waals surface area contributed by atoms with Gasteiger partial charge in [-0.3, -0.25) is 0 Å². The molecule has 2 N–H and O–H groups in total. The van der Waals surface area contributed by atoms with Crippen LogP contribution in [0.2, 0.25) is 0 Å². The van der Waals surface area contributed by atoms with Crippen molar-refractivity contribution in [2.24, 2.45) is 5.73 Å². The Morgan fingerprint density at radius 3 is 2.67 bits per heavy atom. The molecule has 0 amide bonds. The Labute approximate surface area is 127 Å². The Bertz CT molecular complexity index is 451. The Kier molecular flexibility index (Phi) is 4.51. The topological polar surface area (TPSA) is 44.5 Å². The second-order valence-corrected chi connectivity index (χ2v) is 6.56. The molecule has 1 aromatic carbocycles. The van der Waals surface area contributed by atoms with Gasteiger partial charge in [0.1, 0.15) is 11.9 Å². The van der Waals surface area contributed by atoms with E-state index < -0.39 is 0 Å². The van der Waals surface area contributed by atoms with Crippen LogP contribution in [0.3, 0.4) is 0 Å². The molecular weight excluding hydrogens is 262 g/mol. The fourth-order valence-electron chi connectivity index (χ4n) is 3.67. The lowest BCUT2D eigenvalue weighted by Crippen LogP contribution is -2.41. The molecule has 0 aromatic heterocycles. The van der Waals surface area contributed by atoms with Gasteiger partial charge in [0.15, 0.2) is 0 Å². The first kappa shape index (κ1) is 14.9. The molecule has 1 saturated carbocycles. The van der Waals surface area contributed by atoms with Crippen LogP contribution in [0, 0.1) is 0 Å². The lowest BCUT2D eigenvalue weighted by Gasteiger charge is -2.38. The van der Waals surface area contributed by atoms with E-state index in [2.05, 4.69) is 31.2 Å². The Morgan fingerprint density at radius 1 is 1.29 bits per heavy atom. The molecule has 1 saturated heterocycles. The van der Waals surface area contributed by atoms with Crippen molar-refractivity contribution in [2.75, 3.05) is 6.61 Å². The summed E-state index contributed by atoms with van der Waals surface area (Å²) >= 11 is 0. The molecular formula is C18H27NO2. The summed E-state index contributed by atoms with van der Waals surface area (Å²) in [5.74, 6) is 0.960. The van der Waals surface area contributed by atoms with Crippen molar-refractivity contribution in [3.63, 3.8) is 0 Å². The van der Waals surface area contributed by atoms with Crippen LogP contribution < -0.4 is 10.5 Å². The van der Waals surface area contributed by atoms with Gasteiger partial charge >= 0.3 is 0 Å². The van der Waals surface area contributed by atoms with E-state index >= 15 is 0 Å². The van der Waals surface area contributed by atoms with Crippen molar-refractivity contribution in [1.29, 1.82) is 0 Å². The normalized spacial score (nSPS) is 25.9. The predicted molar refractivity (Wildman–Crippen MR) is 84.5 cm³/mol. The van der Waals surface area contributed by atoms with Crippen LogP contribution in [0.25, 0.3) is 0 Å². The summed E-state index contributed by atoms with van der Waals surface area (Å²) in [6.07, 6.45) is 8.31. The molecule has 2 atom stereocenters. The average molecular weight is 289 g/mol. The van der Waals surface area contributed by atoms with Crippen molar-refractivity contribution >= 4 is 0 Å². The highest BCUT2D eigenvalue weighted by Crippen LogP contribution is 2.40. The van der Waals surface area contributed by atoms with Gasteiger partial charge in [0.2, 0.25) is 0 Å². The number of hydrogen-bond acceptors (Lipinski definition) is 3. The van der Waals surface area contributed by atoms with Crippen molar-refractivity contribution in [1.82, 2.24) is 0 Å². The van der Waals surface area contributed by atoms with Gasteiger partial charge < -0.3 is 15.2 Å². The molecule has 21 heavy (non-hydrogen) atoms. The quantitative estimate of drug-likeness (QED) is 0.912. The summed E-state index contributed by atoms with van der Waals surface area (Å²) < 4.78 is 12.3. The smallest absolute Gasteiger partial charge is 0.119 e. The Balaban J connectivity index is 1.60. The molecule has 0 radical (unpaired) electrons. The highest BCUT2D eigenvalue weighted by Gasteiger charge is 2.40. The monoisotopic (exact) mass is 289 g/mol. The molecule has 3 rings (SSSR count). The number of benzene rings is 1. The maximum Gasteiger partial charge on any atom is 0.119 e. The van der Waals surface area contributed by atoms with Gasteiger partial charge in [-0.25, -0.2) is 0 Å². The highest BCUT2D eigenvalue weighted by atomic mass is 16.5. The summed E-state index contributed by atoms with van der Waals surface area (Å²) in [4.78, 5) is 0. The van der Waals surface area contributed by atoms with Gasteiger partial charge in [-0.1, -0.05) is 31.9 Å². The van der Waals surface area contributed by atoms with Crippen LogP contribution in [0.15, 0.2) is 24.3 Å². The third-order valence-corrected chi connectivity index (χ3v) is 5.01. The van der Waals surface area contributed by atoms with Gasteiger partial charge in [-0.15, -0.1) is 0 Å². The molecule has 1 heterocycles. The van der Waals surface area contributed by atoms with Crippen LogP contribution in [-0.4, -0.2) is 18.3 Å². The molecule has 2 unspecified atom stereocenters. The van der Waals surface area contributed by atoms with Crippen LogP contribution in [0.4, 0.5) is 0 Å². The third kappa shape index (κ3) is 3.41. The van der Waals surface area contributed by atoms with Crippen molar-refractivity contribution in [3.05, 3.63) is 29.8 Å². The van der Waals surface area contributed by atoms with E-state index in [-0.39, 0.29) is 11.6 Å². The van der Waals surface area contributed by atoms with E-state index in [1.54, 1.807) is 0 Å². The van der Waals surface area contributed by atoms with Gasteiger partial charge in [0, 0.05) is 18.9 Å². The van der Waals surface area contributed by atoms with Gasteiger partial charge in [-0.2, -0.15) is 0 Å². The zero-order chi connectivity index (χ0) is 14.7. The summed E-state index contributed by atoms with van der Waals surface area (Å²) in [7, 11) is 0. The first-order valence-corrected chi connectivity index (χ1v) is 8.37. The van der Waals surface area contributed by atoms with Crippen molar-refractivity contribution in [2.45, 2.75) is 69.6 Å². The molecule has 0 bridgehead atoms. The predicted octanol–water partition coefficient (Wildman–Crippen LogP) is 3.97. The Hall–Kier alpha value is -1.06. The number of nitrogens with two attached hydrogens (primary N) is 1. The minimum absolute atomic E-state index is 0.118. The molecule has 2 fully saturated rings. The largest absolute Gasteiger partial charge is 0.490 e. The van der Waals surface area contributed by atoms with Crippen LogP contribution in [0.1, 0.15) is 63.5 Å². The lowest BCUT2D eigenvalue weighted by atomic mass is 9.90. The molecule has 1 aromatic rings. The lowest BCUT2D eigenvalue weighted by molar-refractivity contribution is -0.108. The first-order chi connectivity index (χ1) is 10.2. The van der Waals surface area contributed by atoms with Crippen molar-refractivity contribution < 1.29 is 9.47 Å². The van der Waals surface area contributed by atoms with E-state index in [1.807, 2.05) is 0 Å². The second kappa shape index (κ2) is 6.37. The van der Waals surface area contributed by atoms with E-state index in [0.29, 0.717) is 6.10 Å². The zero-order valence-electron chi connectivity index (χ0n) is 13.0. The van der Waals surface area contributed by atoms with E-state index in [1.165, 1.54) is 31.2 Å². The van der Waals surface area contributed by atoms with Gasteiger partial charge in [-0.05, 0) is 37.0 Å². The molecule has 3 heteroatoms. The fraction of sp³-hybridized carbons (Fsp3) is 0.667. The van der Waals surface area contributed by atoms with E-state index in [9.17, 15) is 0 Å². The highest BCUT2D eigenvalue weighted by molar-refractivity contribution is 5.29. The number of hydrogen-bond donors (Lipinski definition) is 1. The molecule has 116 valence electrons. The molecule has 2 aliphatic rings. The Morgan fingerprint density at radius 2 is 2.00 bits per heavy atom. The summed E-state index contributed by atoms with van der Waals surface area (Å²) in [5.41, 5.74) is 7.35. The standard InChI is InChI=1S/C18H27NO2/c1-2-17(19)14-5-7-15(8-6-14)21-16-9-12-20-18(13-16)10-3-4-11-18/h5-8,16-17H,2-4,9-13,19H2,1H3. The zero-order valence-corrected chi connectivity index (χ0v) is 13.0. The average Bonchev–Trinajstić information content (AvgIpc) is 2.95. The maximum absolute atomic E-state index is 6.19. The second-order valence-electron chi connectivity index (χ2n) is 6.56. The minimum atomic E-state index is 0.118. The number of rotatable bonds is 4. The van der Waals surface area contributed by atoms with Crippen LogP contribution >= 0.6 is 0 Å². The molecule has 1 spiro atoms. The SMILES string of the molecule is CCC(N)c1ccc(OC2CCOC3(CCCC3)C2)cc1.